The fourth-order valence-corrected chi connectivity index (χ4v) is 3.02. The molecule has 9 heteroatoms. The first kappa shape index (κ1) is 18.3. The van der Waals surface area contributed by atoms with Crippen LogP contribution in [0.3, 0.4) is 0 Å². The van der Waals surface area contributed by atoms with Gasteiger partial charge in [0.1, 0.15) is 0 Å². The van der Waals surface area contributed by atoms with Crippen molar-refractivity contribution in [3.05, 3.63) is 27.3 Å². The number of ether oxygens (including phenoxy) is 2. The summed E-state index contributed by atoms with van der Waals surface area (Å²) < 4.78 is 36.8. The zero-order valence-corrected chi connectivity index (χ0v) is 14.3. The fraction of sp³-hybridized carbons (Fsp3) is 0.417. The Balaban J connectivity index is 2.66. The van der Waals surface area contributed by atoms with Crippen LogP contribution in [0.2, 0.25) is 0 Å². The molecule has 0 bridgehead atoms. The van der Waals surface area contributed by atoms with Gasteiger partial charge in [-0.25, -0.2) is 17.9 Å². The summed E-state index contributed by atoms with van der Waals surface area (Å²) in [4.78, 5) is 10.9. The van der Waals surface area contributed by atoms with Gasteiger partial charge in [-0.3, -0.25) is 0 Å². The van der Waals surface area contributed by atoms with E-state index in [1.165, 1.54) is 12.1 Å². The Hall–Kier alpha value is -0.750. The summed E-state index contributed by atoms with van der Waals surface area (Å²) in [5.41, 5.74) is -0.0465. The predicted octanol–water partition coefficient (Wildman–Crippen LogP) is 0.931. The number of hydrogen-bond acceptors (Lipinski definition) is 5. The molecular weight excluding hydrogens is 413 g/mol. The minimum atomic E-state index is -3.75. The van der Waals surface area contributed by atoms with Crippen molar-refractivity contribution < 1.29 is 27.8 Å². The number of carbonyl (C=O) groups is 1. The zero-order valence-electron chi connectivity index (χ0n) is 11.3. The topological polar surface area (TPSA) is 102 Å². The number of nitrogens with one attached hydrogen (secondary N) is 1. The summed E-state index contributed by atoms with van der Waals surface area (Å²) in [5.74, 6) is -1.17. The van der Waals surface area contributed by atoms with Crippen LogP contribution >= 0.6 is 22.6 Å². The van der Waals surface area contributed by atoms with Gasteiger partial charge in [0.05, 0.1) is 30.3 Å². The monoisotopic (exact) mass is 429 g/mol. The predicted molar refractivity (Wildman–Crippen MR) is 84.0 cm³/mol. The van der Waals surface area contributed by atoms with Gasteiger partial charge in [0, 0.05) is 17.2 Å². The molecule has 0 spiro atoms. The molecular formula is C12H16INO6S. The lowest BCUT2D eigenvalue weighted by molar-refractivity contribution is 0.0695. The Labute approximate surface area is 136 Å². The van der Waals surface area contributed by atoms with Crippen molar-refractivity contribution >= 4 is 38.6 Å². The summed E-state index contributed by atoms with van der Waals surface area (Å²) in [7, 11) is -2.21. The molecule has 0 saturated carbocycles. The van der Waals surface area contributed by atoms with Gasteiger partial charge in [0.25, 0.3) is 0 Å². The number of benzene rings is 1. The van der Waals surface area contributed by atoms with Crippen molar-refractivity contribution in [2.24, 2.45) is 0 Å². The van der Waals surface area contributed by atoms with Gasteiger partial charge in [0.15, 0.2) is 0 Å². The van der Waals surface area contributed by atoms with E-state index in [0.29, 0.717) is 16.8 Å². The van der Waals surface area contributed by atoms with E-state index < -0.39 is 16.0 Å². The average molecular weight is 429 g/mol. The molecule has 0 aliphatic heterocycles. The highest BCUT2D eigenvalue weighted by Gasteiger charge is 2.17. The molecule has 0 amide bonds. The summed E-state index contributed by atoms with van der Waals surface area (Å²) in [5, 5.41) is 9.00. The first-order valence-corrected chi connectivity index (χ1v) is 8.54. The summed E-state index contributed by atoms with van der Waals surface area (Å²) in [6.45, 7) is 1.12. The van der Waals surface area contributed by atoms with E-state index in [1.807, 2.05) is 22.6 Å². The number of aromatic carboxylic acids is 1. The van der Waals surface area contributed by atoms with Crippen LogP contribution in [0.25, 0.3) is 0 Å². The van der Waals surface area contributed by atoms with Crippen LogP contribution in [0.1, 0.15) is 10.4 Å². The third-order valence-corrected chi connectivity index (χ3v) is 4.85. The van der Waals surface area contributed by atoms with Crippen LogP contribution in [-0.2, 0) is 19.5 Å². The minimum Gasteiger partial charge on any atom is -0.478 e. The molecule has 1 aromatic rings. The highest BCUT2D eigenvalue weighted by Crippen LogP contribution is 2.17. The van der Waals surface area contributed by atoms with E-state index in [1.54, 1.807) is 7.11 Å². The molecule has 0 aliphatic carbocycles. The zero-order chi connectivity index (χ0) is 15.9. The van der Waals surface area contributed by atoms with Gasteiger partial charge < -0.3 is 14.6 Å². The SMILES string of the molecule is COCCOCCNS(=O)(=O)c1ccc(I)c(C(=O)O)c1. The molecule has 0 fully saturated rings. The first-order valence-electron chi connectivity index (χ1n) is 5.97. The van der Waals surface area contributed by atoms with Crippen molar-refractivity contribution in [2.45, 2.75) is 4.90 Å². The first-order chi connectivity index (χ1) is 9.88. The van der Waals surface area contributed by atoms with Crippen molar-refractivity contribution in [3.8, 4) is 0 Å². The van der Waals surface area contributed by atoms with Crippen molar-refractivity contribution in [1.29, 1.82) is 0 Å². The van der Waals surface area contributed by atoms with Gasteiger partial charge in [-0.1, -0.05) is 0 Å². The van der Waals surface area contributed by atoms with Crippen LogP contribution in [-0.4, -0.2) is 53.0 Å². The Morgan fingerprint density at radius 3 is 2.67 bits per heavy atom. The van der Waals surface area contributed by atoms with Crippen LogP contribution in [0, 0.1) is 3.57 Å². The maximum atomic E-state index is 12.0. The van der Waals surface area contributed by atoms with Gasteiger partial charge >= 0.3 is 5.97 Å². The van der Waals surface area contributed by atoms with E-state index in [-0.39, 0.29) is 23.6 Å². The van der Waals surface area contributed by atoms with Gasteiger partial charge in [-0.2, -0.15) is 0 Å². The lowest BCUT2D eigenvalue weighted by Crippen LogP contribution is -2.28. The number of halogens is 1. The van der Waals surface area contributed by atoms with Crippen LogP contribution in [0.5, 0.6) is 0 Å². The van der Waals surface area contributed by atoms with Crippen LogP contribution < -0.4 is 4.72 Å². The molecule has 1 aromatic carbocycles. The second kappa shape index (κ2) is 8.63. The van der Waals surface area contributed by atoms with E-state index in [0.717, 1.165) is 6.07 Å². The third-order valence-electron chi connectivity index (χ3n) is 2.45. The van der Waals surface area contributed by atoms with Gasteiger partial charge in [-0.05, 0) is 40.8 Å². The smallest absolute Gasteiger partial charge is 0.336 e. The summed E-state index contributed by atoms with van der Waals surface area (Å²) in [6.07, 6.45) is 0. The second-order valence-corrected chi connectivity index (χ2v) is 6.88. The normalized spacial score (nSPS) is 11.5. The van der Waals surface area contributed by atoms with Crippen molar-refractivity contribution in [1.82, 2.24) is 4.72 Å². The van der Waals surface area contributed by atoms with Crippen LogP contribution in [0.4, 0.5) is 0 Å². The van der Waals surface area contributed by atoms with Gasteiger partial charge in [-0.15, -0.1) is 0 Å². The minimum absolute atomic E-state index is 0.0465. The molecule has 7 nitrogen and oxygen atoms in total. The Morgan fingerprint density at radius 1 is 1.33 bits per heavy atom. The quantitative estimate of drug-likeness (QED) is 0.448. The van der Waals surface area contributed by atoms with Crippen molar-refractivity contribution in [3.63, 3.8) is 0 Å². The molecule has 21 heavy (non-hydrogen) atoms. The van der Waals surface area contributed by atoms with E-state index in [2.05, 4.69) is 4.72 Å². The molecule has 0 aromatic heterocycles. The fourth-order valence-electron chi connectivity index (χ4n) is 1.41. The Morgan fingerprint density at radius 2 is 2.05 bits per heavy atom. The molecule has 0 saturated heterocycles. The number of rotatable bonds is 9. The molecule has 0 atom stereocenters. The maximum Gasteiger partial charge on any atom is 0.336 e. The number of carboxylic acids is 1. The van der Waals surface area contributed by atoms with Crippen molar-refractivity contribution in [2.75, 3.05) is 33.5 Å². The highest BCUT2D eigenvalue weighted by atomic mass is 127. The van der Waals surface area contributed by atoms with E-state index in [4.69, 9.17) is 14.6 Å². The average Bonchev–Trinajstić information content (AvgIpc) is 2.42. The lowest BCUT2D eigenvalue weighted by Gasteiger charge is -2.08. The molecule has 2 N–H and O–H groups in total. The maximum absolute atomic E-state index is 12.0. The largest absolute Gasteiger partial charge is 0.478 e. The molecule has 1 rings (SSSR count). The molecule has 0 aliphatic rings. The second-order valence-electron chi connectivity index (χ2n) is 3.95. The number of methoxy groups -OCH3 is 1. The molecule has 118 valence electrons. The Bertz CT molecular complexity index is 589. The Kier molecular flexibility index (Phi) is 7.52. The lowest BCUT2D eigenvalue weighted by atomic mass is 10.2. The number of hydrogen-bond donors (Lipinski definition) is 2. The summed E-state index contributed by atoms with van der Waals surface area (Å²) in [6, 6.07) is 3.95. The third kappa shape index (κ3) is 5.87. The summed E-state index contributed by atoms with van der Waals surface area (Å²) >= 11 is 1.84. The molecule has 0 radical (unpaired) electrons. The van der Waals surface area contributed by atoms with E-state index in [9.17, 15) is 13.2 Å². The number of sulfonamides is 1. The molecule has 0 heterocycles. The highest BCUT2D eigenvalue weighted by molar-refractivity contribution is 14.1. The standard InChI is InChI=1S/C12H16INO6S/c1-19-6-7-20-5-4-14-21(17,18)9-2-3-11(13)10(8-9)12(15)16/h2-3,8,14H,4-7H2,1H3,(H,15,16). The number of carboxylic acid groups (broad SMARTS) is 1. The van der Waals surface area contributed by atoms with Gasteiger partial charge in [0.2, 0.25) is 10.0 Å². The van der Waals surface area contributed by atoms with E-state index >= 15 is 0 Å². The molecule has 0 unspecified atom stereocenters. The van der Waals surface area contributed by atoms with Crippen LogP contribution in [0.15, 0.2) is 23.1 Å².